The second-order valence-electron chi connectivity index (χ2n) is 8.51. The molecule has 1 aliphatic carbocycles. The van der Waals surface area contributed by atoms with Crippen LogP contribution < -0.4 is 14.5 Å². The molecule has 0 atom stereocenters. The van der Waals surface area contributed by atoms with Crippen LogP contribution >= 0.6 is 17.0 Å². The number of aromatic nitrogens is 1. The van der Waals surface area contributed by atoms with E-state index in [-0.39, 0.29) is 28.8 Å². The van der Waals surface area contributed by atoms with Gasteiger partial charge in [0.05, 0.1) is 12.8 Å². The number of hydrogen-bond acceptors (Lipinski definition) is 5. The zero-order chi connectivity index (χ0) is 21.5. The van der Waals surface area contributed by atoms with Crippen molar-refractivity contribution in [3.63, 3.8) is 0 Å². The Hall–Kier alpha value is -2.12. The first kappa shape index (κ1) is 24.5. The van der Waals surface area contributed by atoms with Gasteiger partial charge in [-0.3, -0.25) is 14.6 Å². The van der Waals surface area contributed by atoms with Crippen LogP contribution in [0.4, 0.5) is 11.5 Å². The van der Waals surface area contributed by atoms with Gasteiger partial charge in [-0.25, -0.2) is 4.98 Å². The predicted octanol–water partition coefficient (Wildman–Crippen LogP) is 4.40. The van der Waals surface area contributed by atoms with E-state index in [9.17, 15) is 4.79 Å². The summed E-state index contributed by atoms with van der Waals surface area (Å²) in [6.07, 6.45) is 7.39. The average molecular weight is 503 g/mol. The number of benzene rings is 1. The zero-order valence-corrected chi connectivity index (χ0v) is 20.7. The van der Waals surface area contributed by atoms with Crippen molar-refractivity contribution in [2.75, 3.05) is 56.2 Å². The predicted molar refractivity (Wildman–Crippen MR) is 135 cm³/mol. The lowest BCUT2D eigenvalue weighted by Crippen LogP contribution is -2.50. The number of hydrogen-bond donors (Lipinski definition) is 0. The number of nitrogens with zero attached hydrogens (tertiary/aromatic N) is 4. The van der Waals surface area contributed by atoms with Crippen LogP contribution in [0.1, 0.15) is 32.1 Å². The number of ether oxygens (including phenoxy) is 1. The summed E-state index contributed by atoms with van der Waals surface area (Å²) in [4.78, 5) is 24.6. The molecule has 6 nitrogen and oxygen atoms in total. The molecule has 0 radical (unpaired) electrons. The van der Waals surface area contributed by atoms with Gasteiger partial charge in [-0.15, -0.1) is 17.0 Å². The molecule has 2 aromatic rings. The topological polar surface area (TPSA) is 48.9 Å². The number of amides is 1. The zero-order valence-electron chi connectivity index (χ0n) is 19.0. The maximum Gasteiger partial charge on any atom is 0.231 e. The maximum absolute atomic E-state index is 13.3. The molecule has 1 aromatic carbocycles. The molecule has 0 unspecified atom stereocenters. The van der Waals surface area contributed by atoms with Crippen molar-refractivity contribution in [2.45, 2.75) is 32.1 Å². The Kier molecular flexibility index (Phi) is 9.36. The molecule has 32 heavy (non-hydrogen) atoms. The molecule has 4 rings (SSSR count). The highest BCUT2D eigenvalue weighted by atomic mass is 79.9. The minimum absolute atomic E-state index is 0. The molecule has 2 fully saturated rings. The van der Waals surface area contributed by atoms with Gasteiger partial charge in [-0.2, -0.15) is 0 Å². The van der Waals surface area contributed by atoms with Crippen LogP contribution in [0.15, 0.2) is 48.7 Å². The molecule has 0 N–H and O–H groups in total. The fourth-order valence-corrected chi connectivity index (χ4v) is 4.77. The van der Waals surface area contributed by atoms with Crippen LogP contribution in [0.2, 0.25) is 0 Å². The molecule has 2 aliphatic rings. The molecule has 1 aromatic heterocycles. The first-order chi connectivity index (χ1) is 15.3. The molecule has 7 heteroatoms. The summed E-state index contributed by atoms with van der Waals surface area (Å²) < 4.78 is 5.53. The summed E-state index contributed by atoms with van der Waals surface area (Å²) in [6, 6.07) is 14.0. The summed E-state index contributed by atoms with van der Waals surface area (Å²) in [5.74, 6) is 2.12. The minimum atomic E-state index is 0. The second kappa shape index (κ2) is 12.2. The number of rotatable bonds is 7. The number of anilines is 2. The van der Waals surface area contributed by atoms with Crippen LogP contribution in [0.25, 0.3) is 0 Å². The molecular formula is C25H35BrN4O2. The maximum atomic E-state index is 13.3. The van der Waals surface area contributed by atoms with Gasteiger partial charge in [-0.1, -0.05) is 37.5 Å². The summed E-state index contributed by atoms with van der Waals surface area (Å²) in [5, 5.41) is 0. The second-order valence-corrected chi connectivity index (χ2v) is 8.51. The summed E-state index contributed by atoms with van der Waals surface area (Å²) >= 11 is 0. The molecule has 1 amide bonds. The van der Waals surface area contributed by atoms with Crippen LogP contribution in [0.5, 0.6) is 5.75 Å². The lowest BCUT2D eigenvalue weighted by atomic mass is 9.88. The number of piperazine rings is 1. The largest absolute Gasteiger partial charge is 0.495 e. The SMILES string of the molecule is Br.COc1ccccc1N1CCN(CCN(C(=O)C2CCCCC2)c2ccccn2)CC1. The first-order valence-corrected chi connectivity index (χ1v) is 11.6. The van der Waals surface area contributed by atoms with E-state index in [4.69, 9.17) is 4.74 Å². The van der Waals surface area contributed by atoms with Crippen molar-refractivity contribution in [1.29, 1.82) is 0 Å². The smallest absolute Gasteiger partial charge is 0.231 e. The van der Waals surface area contributed by atoms with Gasteiger partial charge < -0.3 is 9.64 Å². The van der Waals surface area contributed by atoms with E-state index in [0.717, 1.165) is 75.7 Å². The Morgan fingerprint density at radius 1 is 1.03 bits per heavy atom. The summed E-state index contributed by atoms with van der Waals surface area (Å²) in [7, 11) is 1.73. The molecule has 0 spiro atoms. The van der Waals surface area contributed by atoms with Gasteiger partial charge in [0.15, 0.2) is 0 Å². The van der Waals surface area contributed by atoms with Gasteiger partial charge in [0, 0.05) is 51.4 Å². The fourth-order valence-electron chi connectivity index (χ4n) is 4.77. The Labute approximate surface area is 202 Å². The van der Waals surface area contributed by atoms with Crippen molar-refractivity contribution in [2.24, 2.45) is 5.92 Å². The average Bonchev–Trinajstić information content (AvgIpc) is 2.85. The Bertz CT molecular complexity index is 837. The highest BCUT2D eigenvalue weighted by molar-refractivity contribution is 8.93. The quantitative estimate of drug-likeness (QED) is 0.561. The minimum Gasteiger partial charge on any atom is -0.495 e. The molecule has 174 valence electrons. The van der Waals surface area contributed by atoms with E-state index in [1.54, 1.807) is 13.3 Å². The monoisotopic (exact) mass is 502 g/mol. The first-order valence-electron chi connectivity index (χ1n) is 11.6. The molecule has 1 aliphatic heterocycles. The number of halogens is 1. The highest BCUT2D eigenvalue weighted by Crippen LogP contribution is 2.29. The van der Waals surface area contributed by atoms with Crippen molar-refractivity contribution < 1.29 is 9.53 Å². The van der Waals surface area contributed by atoms with E-state index in [1.165, 1.54) is 6.42 Å². The third kappa shape index (κ3) is 6.01. The van der Waals surface area contributed by atoms with Crippen molar-refractivity contribution >= 4 is 34.4 Å². The van der Waals surface area contributed by atoms with Gasteiger partial charge in [0.1, 0.15) is 11.6 Å². The normalized spacial score (nSPS) is 17.5. The van der Waals surface area contributed by atoms with E-state index in [0.29, 0.717) is 6.54 Å². The lowest BCUT2D eigenvalue weighted by molar-refractivity contribution is -0.123. The van der Waals surface area contributed by atoms with Gasteiger partial charge in [0.2, 0.25) is 5.91 Å². The highest BCUT2D eigenvalue weighted by Gasteiger charge is 2.28. The number of methoxy groups -OCH3 is 1. The molecule has 2 heterocycles. The van der Waals surface area contributed by atoms with E-state index >= 15 is 0 Å². The number of carbonyl (C=O) groups excluding carboxylic acids is 1. The molecule has 1 saturated heterocycles. The van der Waals surface area contributed by atoms with Gasteiger partial charge >= 0.3 is 0 Å². The molecule has 1 saturated carbocycles. The molecular weight excluding hydrogens is 468 g/mol. The van der Waals surface area contributed by atoms with Crippen molar-refractivity contribution in [3.8, 4) is 5.75 Å². The van der Waals surface area contributed by atoms with Crippen molar-refractivity contribution in [1.82, 2.24) is 9.88 Å². The fraction of sp³-hybridized carbons (Fsp3) is 0.520. The summed E-state index contributed by atoms with van der Waals surface area (Å²) in [6.45, 7) is 5.44. The van der Waals surface area contributed by atoms with Crippen LogP contribution in [0, 0.1) is 5.92 Å². The lowest BCUT2D eigenvalue weighted by Gasteiger charge is -2.37. The number of carbonyl (C=O) groups is 1. The number of para-hydroxylation sites is 2. The Morgan fingerprint density at radius 2 is 1.75 bits per heavy atom. The van der Waals surface area contributed by atoms with Crippen molar-refractivity contribution in [3.05, 3.63) is 48.7 Å². The number of pyridine rings is 1. The third-order valence-corrected chi connectivity index (χ3v) is 6.58. The summed E-state index contributed by atoms with van der Waals surface area (Å²) in [5.41, 5.74) is 1.16. The van der Waals surface area contributed by atoms with E-state index in [2.05, 4.69) is 26.9 Å². The van der Waals surface area contributed by atoms with E-state index < -0.39 is 0 Å². The van der Waals surface area contributed by atoms with E-state index in [1.807, 2.05) is 35.2 Å². The Balaban J connectivity index is 0.00000289. The molecule has 0 bridgehead atoms. The Morgan fingerprint density at radius 3 is 2.44 bits per heavy atom. The van der Waals surface area contributed by atoms with Crippen LogP contribution in [0.3, 0.4) is 0 Å². The van der Waals surface area contributed by atoms with Crippen LogP contribution in [-0.4, -0.2) is 62.2 Å². The van der Waals surface area contributed by atoms with Crippen LogP contribution in [-0.2, 0) is 4.79 Å². The van der Waals surface area contributed by atoms with Gasteiger partial charge in [-0.05, 0) is 37.1 Å². The standard InChI is InChI=1S/C25H34N4O2.BrH/c1-31-23-12-6-5-11-22(23)28-18-15-27(16-19-28)17-20-29(24-13-7-8-14-26-24)25(30)21-9-3-2-4-10-21;/h5-8,11-14,21H,2-4,9-10,15-20H2,1H3;1H. The third-order valence-electron chi connectivity index (χ3n) is 6.58. The van der Waals surface area contributed by atoms with Gasteiger partial charge in [0.25, 0.3) is 0 Å².